The van der Waals surface area contributed by atoms with E-state index in [0.29, 0.717) is 37.1 Å². The first-order valence-corrected chi connectivity index (χ1v) is 22.8. The molecular weight excluding hydrogens is 747 g/mol. The van der Waals surface area contributed by atoms with Gasteiger partial charge in [0.05, 0.1) is 28.7 Å². The number of esters is 1. The topological polar surface area (TPSA) is 174 Å². The van der Waals surface area contributed by atoms with Gasteiger partial charge in [0.25, 0.3) is 5.91 Å². The fourth-order valence-corrected chi connectivity index (χ4v) is 10.2. The van der Waals surface area contributed by atoms with Crippen LogP contribution in [0.2, 0.25) is 0 Å². The SMILES string of the molecule is CCCCC=C[C@@H]1C[C@]1(NC(=O)[C@@H]1C[C@@H]2CN1C(=O)[C@H](CC)CC(=O)O[C@@H]1CCC[C@H]1CCCCCc1nc3ccccc3nc1O2)C(=O)NS(=O)(=O)C1(C)CC1. The minimum absolute atomic E-state index is 0.0490. The van der Waals surface area contributed by atoms with Crippen LogP contribution in [-0.2, 0) is 40.4 Å². The molecule has 0 spiro atoms. The number of sulfonamides is 1. The van der Waals surface area contributed by atoms with Crippen molar-refractivity contribution in [3.8, 4) is 5.88 Å². The molecule has 7 atom stereocenters. The van der Waals surface area contributed by atoms with Crippen LogP contribution < -0.4 is 14.8 Å². The van der Waals surface area contributed by atoms with Gasteiger partial charge in [-0.15, -0.1) is 0 Å². The molecule has 310 valence electrons. The Morgan fingerprint density at radius 1 is 1.00 bits per heavy atom. The van der Waals surface area contributed by atoms with Crippen molar-refractivity contribution in [3.05, 3.63) is 42.1 Å². The van der Waals surface area contributed by atoms with E-state index < -0.39 is 62.1 Å². The number of unbranched alkanes of at least 4 members (excludes halogenated alkanes) is 2. The lowest BCUT2D eigenvalue weighted by Gasteiger charge is -2.29. The third-order valence-electron chi connectivity index (χ3n) is 13.0. The summed E-state index contributed by atoms with van der Waals surface area (Å²) in [7, 11) is -3.98. The number of fused-ring (bicyclic) bond motifs is 5. The molecule has 3 heterocycles. The number of carbonyl (C=O) groups is 4. The normalized spacial score (nSPS) is 30.4. The van der Waals surface area contributed by atoms with Crippen molar-refractivity contribution in [2.75, 3.05) is 6.54 Å². The first-order valence-electron chi connectivity index (χ1n) is 21.3. The second-order valence-corrected chi connectivity index (χ2v) is 19.5. The third-order valence-corrected chi connectivity index (χ3v) is 15.2. The number of benzene rings is 1. The van der Waals surface area contributed by atoms with Crippen molar-refractivity contribution in [2.24, 2.45) is 17.8 Å². The van der Waals surface area contributed by atoms with Gasteiger partial charge in [-0.05, 0) is 95.6 Å². The molecule has 3 aliphatic carbocycles. The second-order valence-electron chi connectivity index (χ2n) is 17.3. The van der Waals surface area contributed by atoms with E-state index in [9.17, 15) is 27.6 Å². The summed E-state index contributed by atoms with van der Waals surface area (Å²) in [4.78, 5) is 67.7. The number of para-hydroxylation sites is 2. The van der Waals surface area contributed by atoms with Gasteiger partial charge in [0.1, 0.15) is 29.5 Å². The van der Waals surface area contributed by atoms with E-state index in [4.69, 9.17) is 19.4 Å². The van der Waals surface area contributed by atoms with Crippen LogP contribution in [0.15, 0.2) is 36.4 Å². The third kappa shape index (κ3) is 9.00. The molecule has 0 radical (unpaired) electrons. The van der Waals surface area contributed by atoms with Crippen LogP contribution in [-0.4, -0.2) is 82.1 Å². The lowest BCUT2D eigenvalue weighted by atomic mass is 9.96. The highest BCUT2D eigenvalue weighted by Crippen LogP contribution is 2.47. The highest BCUT2D eigenvalue weighted by atomic mass is 32.2. The highest BCUT2D eigenvalue weighted by Gasteiger charge is 2.63. The number of carbonyl (C=O) groups excluding carboxylic acids is 4. The Balaban J connectivity index is 1.19. The summed E-state index contributed by atoms with van der Waals surface area (Å²) in [6.07, 6.45) is 14.5. The molecule has 14 heteroatoms. The van der Waals surface area contributed by atoms with Crippen molar-refractivity contribution in [1.82, 2.24) is 24.9 Å². The van der Waals surface area contributed by atoms with E-state index in [0.717, 1.165) is 75.4 Å². The Labute approximate surface area is 336 Å². The van der Waals surface area contributed by atoms with Crippen molar-refractivity contribution in [3.63, 3.8) is 0 Å². The van der Waals surface area contributed by atoms with Gasteiger partial charge in [-0.3, -0.25) is 23.9 Å². The zero-order valence-electron chi connectivity index (χ0n) is 33.7. The van der Waals surface area contributed by atoms with Crippen molar-refractivity contribution in [1.29, 1.82) is 0 Å². The maximum atomic E-state index is 14.6. The van der Waals surface area contributed by atoms with Gasteiger partial charge in [0.2, 0.25) is 27.7 Å². The molecule has 5 aliphatic rings. The standard InChI is InChI=1S/C43H59N5O8S/c1-4-6-7-10-17-30-26-43(30,41(52)47-57(53,54)42(3)22-23-42)46-38(50)35-25-31-27-48(35)40(51)28(5-2)24-37(49)56-36-21-14-16-29(36)15-9-8-11-20-34-39(55-31)45-33-19-13-12-18-32(33)44-34/h10,12-13,17-19,28-31,35-36H,4-9,11,14-16,20-27H2,1-3H3,(H,46,50)(H,47,52)/t28-,29-,30-,31-,35+,36-,43-/m1/s1. The molecular formula is C43H59N5O8S. The van der Waals surface area contributed by atoms with Crippen LogP contribution >= 0.6 is 0 Å². The Hall–Kier alpha value is -4.07. The van der Waals surface area contributed by atoms with E-state index in [2.05, 4.69) is 17.0 Å². The van der Waals surface area contributed by atoms with Crippen LogP contribution in [0.1, 0.15) is 129 Å². The molecule has 13 nitrogen and oxygen atoms in total. The van der Waals surface area contributed by atoms with Crippen LogP contribution in [0, 0.1) is 17.8 Å². The number of nitrogens with zero attached hydrogens (tertiary/aromatic N) is 3. The summed E-state index contributed by atoms with van der Waals surface area (Å²) in [6.45, 7) is 5.58. The monoisotopic (exact) mass is 805 g/mol. The molecule has 2 bridgehead atoms. The van der Waals surface area contributed by atoms with Crippen LogP contribution in [0.25, 0.3) is 11.0 Å². The first kappa shape index (κ1) is 41.1. The highest BCUT2D eigenvalue weighted by molar-refractivity contribution is 7.91. The molecule has 1 aromatic heterocycles. The second kappa shape index (κ2) is 17.0. The zero-order valence-corrected chi connectivity index (χ0v) is 34.5. The average molecular weight is 806 g/mol. The Kier molecular flexibility index (Phi) is 12.3. The molecule has 2 aromatic rings. The number of nitrogens with one attached hydrogen (secondary N) is 2. The molecule has 57 heavy (non-hydrogen) atoms. The number of hydrogen-bond donors (Lipinski definition) is 2. The van der Waals surface area contributed by atoms with Crippen molar-refractivity contribution >= 4 is 44.7 Å². The number of amides is 3. The largest absolute Gasteiger partial charge is 0.471 e. The molecule has 1 aromatic carbocycles. The maximum Gasteiger partial charge on any atom is 0.306 e. The summed E-state index contributed by atoms with van der Waals surface area (Å²) in [5, 5.41) is 2.95. The number of allylic oxidation sites excluding steroid dienone is 1. The maximum absolute atomic E-state index is 14.6. The van der Waals surface area contributed by atoms with E-state index in [1.54, 1.807) is 6.92 Å². The fraction of sp³-hybridized carbons (Fsp3) is 0.674. The van der Waals surface area contributed by atoms with Crippen LogP contribution in [0.3, 0.4) is 0 Å². The van der Waals surface area contributed by atoms with Crippen molar-refractivity contribution < 1.29 is 37.1 Å². The van der Waals surface area contributed by atoms with Gasteiger partial charge >= 0.3 is 5.97 Å². The van der Waals surface area contributed by atoms with Gasteiger partial charge in [0.15, 0.2) is 0 Å². The average Bonchev–Trinajstić information content (AvgIpc) is 3.99. The van der Waals surface area contributed by atoms with Gasteiger partial charge in [0, 0.05) is 18.3 Å². The smallest absolute Gasteiger partial charge is 0.306 e. The molecule has 4 fully saturated rings. The minimum atomic E-state index is -3.98. The predicted molar refractivity (Wildman–Crippen MR) is 214 cm³/mol. The number of ether oxygens (including phenoxy) is 2. The van der Waals surface area contributed by atoms with Gasteiger partial charge < -0.3 is 19.7 Å². The summed E-state index contributed by atoms with van der Waals surface area (Å²) in [6, 6.07) is 6.54. The number of aryl methyl sites for hydroxylation is 1. The summed E-state index contributed by atoms with van der Waals surface area (Å²) in [5.41, 5.74) is 0.649. The Morgan fingerprint density at radius 3 is 2.49 bits per heavy atom. The fourth-order valence-electron chi connectivity index (χ4n) is 8.88. The number of hydrogen-bond acceptors (Lipinski definition) is 10. The lowest BCUT2D eigenvalue weighted by molar-refractivity contribution is -0.155. The van der Waals surface area contributed by atoms with Crippen LogP contribution in [0.4, 0.5) is 0 Å². The van der Waals surface area contributed by atoms with E-state index in [-0.39, 0.29) is 43.7 Å². The van der Waals surface area contributed by atoms with Crippen molar-refractivity contribution in [2.45, 2.75) is 158 Å². The molecule has 0 unspecified atom stereocenters. The van der Waals surface area contributed by atoms with Crippen LogP contribution in [0.5, 0.6) is 5.88 Å². The Morgan fingerprint density at radius 2 is 1.75 bits per heavy atom. The number of aromatic nitrogens is 2. The van der Waals surface area contributed by atoms with Gasteiger partial charge in [-0.2, -0.15) is 0 Å². The van der Waals surface area contributed by atoms with E-state index >= 15 is 0 Å². The van der Waals surface area contributed by atoms with Gasteiger partial charge in [-0.25, -0.2) is 18.4 Å². The quantitative estimate of drug-likeness (QED) is 0.169. The van der Waals surface area contributed by atoms with Gasteiger partial charge in [-0.1, -0.05) is 63.8 Å². The Bertz CT molecular complexity index is 1980. The molecule has 1 saturated heterocycles. The molecule has 2 aliphatic heterocycles. The summed E-state index contributed by atoms with van der Waals surface area (Å²) < 4.78 is 40.4. The predicted octanol–water partition coefficient (Wildman–Crippen LogP) is 5.84. The van der Waals surface area contributed by atoms with E-state index in [1.807, 2.05) is 43.3 Å². The molecule has 7 rings (SSSR count). The summed E-state index contributed by atoms with van der Waals surface area (Å²) >= 11 is 0. The molecule has 3 saturated carbocycles. The number of rotatable bonds is 10. The lowest BCUT2D eigenvalue weighted by Crippen LogP contribution is -2.57. The summed E-state index contributed by atoms with van der Waals surface area (Å²) in [5.74, 6) is -2.63. The first-order chi connectivity index (χ1) is 27.4. The van der Waals surface area contributed by atoms with E-state index in [1.165, 1.54) is 4.90 Å². The molecule has 2 N–H and O–H groups in total. The minimum Gasteiger partial charge on any atom is -0.471 e. The zero-order chi connectivity index (χ0) is 40.4. The molecule has 3 amide bonds.